The van der Waals surface area contributed by atoms with Crippen LogP contribution in [-0.2, 0) is 4.79 Å². The molecule has 6 nitrogen and oxygen atoms in total. The second-order valence-electron chi connectivity index (χ2n) is 5.01. The molecule has 0 bridgehead atoms. The van der Waals surface area contributed by atoms with E-state index in [1.807, 2.05) is 0 Å². The molecule has 3 rings (SSSR count). The van der Waals surface area contributed by atoms with Gasteiger partial charge in [0.25, 0.3) is 0 Å². The van der Waals surface area contributed by atoms with E-state index in [0.29, 0.717) is 17.1 Å². The zero-order valence-corrected chi connectivity index (χ0v) is 11.5. The molecule has 0 spiro atoms. The Bertz CT molecular complexity index is 671. The summed E-state index contributed by atoms with van der Waals surface area (Å²) in [6.45, 7) is 1.72. The number of nitrogens with one attached hydrogen (secondary N) is 1. The highest BCUT2D eigenvalue weighted by molar-refractivity contribution is 5.94. The van der Waals surface area contributed by atoms with Crippen LogP contribution in [0.2, 0.25) is 0 Å². The summed E-state index contributed by atoms with van der Waals surface area (Å²) in [4.78, 5) is 23.4. The summed E-state index contributed by atoms with van der Waals surface area (Å²) in [5, 5.41) is 6.44. The van der Waals surface area contributed by atoms with Crippen molar-refractivity contribution in [1.29, 1.82) is 0 Å². The van der Waals surface area contributed by atoms with Crippen molar-refractivity contribution in [2.45, 2.75) is 19.8 Å². The maximum Gasteiger partial charge on any atom is 0.382 e. The smallest absolute Gasteiger partial charge is 0.382 e. The zero-order valence-electron chi connectivity index (χ0n) is 11.5. The molecule has 0 radical (unpaired) electrons. The number of benzene rings is 1. The van der Waals surface area contributed by atoms with Crippen LogP contribution in [0.25, 0.3) is 0 Å². The van der Waals surface area contributed by atoms with Crippen molar-refractivity contribution in [3.8, 4) is 5.75 Å². The minimum absolute atomic E-state index is 0.0388. The monoisotopic (exact) mass is 286 g/mol. The van der Waals surface area contributed by atoms with Gasteiger partial charge in [0, 0.05) is 17.7 Å². The average Bonchev–Trinajstić information content (AvgIpc) is 3.23. The first-order valence-electron chi connectivity index (χ1n) is 6.68. The second-order valence-corrected chi connectivity index (χ2v) is 5.01. The molecule has 1 fully saturated rings. The molecule has 6 heteroatoms. The molecule has 0 atom stereocenters. The van der Waals surface area contributed by atoms with E-state index in [0.717, 1.165) is 12.8 Å². The Morgan fingerprint density at radius 2 is 2.00 bits per heavy atom. The van der Waals surface area contributed by atoms with Gasteiger partial charge in [0.15, 0.2) is 0 Å². The molecule has 1 N–H and O–H groups in total. The lowest BCUT2D eigenvalue weighted by Gasteiger charge is -2.05. The van der Waals surface area contributed by atoms with Gasteiger partial charge in [-0.05, 0) is 44.0 Å². The van der Waals surface area contributed by atoms with E-state index in [1.165, 1.54) is 6.07 Å². The number of hydrogen-bond acceptors (Lipinski definition) is 5. The number of carbonyl (C=O) groups excluding carboxylic acids is 2. The quantitative estimate of drug-likeness (QED) is 0.690. The van der Waals surface area contributed by atoms with Crippen LogP contribution in [0.5, 0.6) is 5.75 Å². The summed E-state index contributed by atoms with van der Waals surface area (Å²) in [6.07, 6.45) is 1.91. The summed E-state index contributed by atoms with van der Waals surface area (Å²) >= 11 is 0. The van der Waals surface area contributed by atoms with Gasteiger partial charge in [0.2, 0.25) is 11.7 Å². The Morgan fingerprint density at radius 3 is 2.57 bits per heavy atom. The largest absolute Gasteiger partial charge is 0.421 e. The van der Waals surface area contributed by atoms with Gasteiger partial charge in [0.1, 0.15) is 5.75 Å². The van der Waals surface area contributed by atoms with Crippen LogP contribution in [0.3, 0.4) is 0 Å². The highest BCUT2D eigenvalue weighted by atomic mass is 16.6. The summed E-state index contributed by atoms with van der Waals surface area (Å²) in [5.41, 5.74) is 1.29. The number of amides is 1. The predicted octanol–water partition coefficient (Wildman–Crippen LogP) is 2.55. The molecule has 1 amide bonds. The fraction of sp³-hybridized carbons (Fsp3) is 0.267. The third-order valence-electron chi connectivity index (χ3n) is 3.11. The number of ether oxygens (including phenoxy) is 1. The Balaban J connectivity index is 1.61. The van der Waals surface area contributed by atoms with Gasteiger partial charge in [-0.2, -0.15) is 0 Å². The van der Waals surface area contributed by atoms with Crippen LogP contribution in [0.1, 0.15) is 29.1 Å². The van der Waals surface area contributed by atoms with Gasteiger partial charge >= 0.3 is 5.97 Å². The molecule has 0 aliphatic heterocycles. The molecule has 0 unspecified atom stereocenters. The predicted molar refractivity (Wildman–Crippen MR) is 74.0 cm³/mol. The van der Waals surface area contributed by atoms with E-state index in [4.69, 9.17) is 9.26 Å². The fourth-order valence-electron chi connectivity index (χ4n) is 1.81. The van der Waals surface area contributed by atoms with E-state index in [9.17, 15) is 9.59 Å². The summed E-state index contributed by atoms with van der Waals surface area (Å²) in [5.74, 6) is 0.0107. The molecule has 1 aliphatic carbocycles. The fourth-order valence-corrected chi connectivity index (χ4v) is 1.81. The number of esters is 1. The van der Waals surface area contributed by atoms with Gasteiger partial charge in [-0.3, -0.25) is 4.79 Å². The lowest BCUT2D eigenvalue weighted by Crippen LogP contribution is -2.13. The van der Waals surface area contributed by atoms with Crippen LogP contribution >= 0.6 is 0 Å². The van der Waals surface area contributed by atoms with E-state index in [2.05, 4.69) is 10.5 Å². The van der Waals surface area contributed by atoms with Crippen LogP contribution in [0, 0.1) is 12.8 Å². The number of carbonyl (C=O) groups is 2. The van der Waals surface area contributed by atoms with E-state index in [-0.39, 0.29) is 17.6 Å². The number of aryl methyl sites for hydroxylation is 1. The van der Waals surface area contributed by atoms with Crippen LogP contribution < -0.4 is 10.1 Å². The van der Waals surface area contributed by atoms with Crippen LogP contribution in [0.4, 0.5) is 5.69 Å². The topological polar surface area (TPSA) is 81.4 Å². The van der Waals surface area contributed by atoms with E-state index < -0.39 is 5.97 Å². The second kappa shape index (κ2) is 5.40. The first-order valence-corrected chi connectivity index (χ1v) is 6.68. The zero-order chi connectivity index (χ0) is 14.8. The molecule has 108 valence electrons. The summed E-state index contributed by atoms with van der Waals surface area (Å²) < 4.78 is 9.97. The SMILES string of the molecule is Cc1cc(C(=O)Oc2ccc(NC(=O)C3CC3)cc2)on1. The van der Waals surface area contributed by atoms with Crippen molar-refractivity contribution in [3.05, 3.63) is 41.8 Å². The first-order chi connectivity index (χ1) is 10.1. The number of nitrogens with zero attached hydrogens (tertiary/aromatic N) is 1. The molecule has 21 heavy (non-hydrogen) atoms. The highest BCUT2D eigenvalue weighted by Crippen LogP contribution is 2.30. The van der Waals surface area contributed by atoms with Gasteiger partial charge in [-0.1, -0.05) is 5.16 Å². The Hall–Kier alpha value is -2.63. The number of rotatable bonds is 4. The Kier molecular flexibility index (Phi) is 3.43. The molecule has 1 heterocycles. The standard InChI is InChI=1S/C15H14N2O4/c1-9-8-13(21-17-9)15(19)20-12-6-4-11(5-7-12)16-14(18)10-2-3-10/h4-8,10H,2-3H2,1H3,(H,16,18). The molecule has 1 aromatic heterocycles. The van der Waals surface area contributed by atoms with Crippen molar-refractivity contribution in [2.75, 3.05) is 5.32 Å². The minimum atomic E-state index is -0.606. The third-order valence-corrected chi connectivity index (χ3v) is 3.11. The van der Waals surface area contributed by atoms with E-state index >= 15 is 0 Å². The van der Waals surface area contributed by atoms with E-state index in [1.54, 1.807) is 31.2 Å². The summed E-state index contributed by atoms with van der Waals surface area (Å²) in [7, 11) is 0. The van der Waals surface area contributed by atoms with Crippen molar-refractivity contribution >= 4 is 17.6 Å². The summed E-state index contributed by atoms with van der Waals surface area (Å²) in [6, 6.07) is 8.11. The maximum atomic E-state index is 11.8. The molecule has 2 aromatic rings. The third kappa shape index (κ3) is 3.28. The van der Waals surface area contributed by atoms with Gasteiger partial charge < -0.3 is 14.6 Å². The molecule has 1 aromatic carbocycles. The lowest BCUT2D eigenvalue weighted by atomic mass is 10.3. The molecular weight excluding hydrogens is 272 g/mol. The molecular formula is C15H14N2O4. The number of anilines is 1. The van der Waals surface area contributed by atoms with Crippen LogP contribution in [-0.4, -0.2) is 17.0 Å². The minimum Gasteiger partial charge on any atom is -0.421 e. The average molecular weight is 286 g/mol. The molecule has 1 aliphatic rings. The highest BCUT2D eigenvalue weighted by Gasteiger charge is 2.29. The van der Waals surface area contributed by atoms with Crippen molar-refractivity contribution in [1.82, 2.24) is 5.16 Å². The number of aromatic nitrogens is 1. The van der Waals surface area contributed by atoms with Crippen molar-refractivity contribution in [2.24, 2.45) is 5.92 Å². The van der Waals surface area contributed by atoms with Gasteiger partial charge in [0.05, 0.1) is 5.69 Å². The molecule has 0 saturated heterocycles. The van der Waals surface area contributed by atoms with Crippen LogP contribution in [0.15, 0.2) is 34.9 Å². The van der Waals surface area contributed by atoms with Gasteiger partial charge in [-0.25, -0.2) is 4.79 Å². The van der Waals surface area contributed by atoms with Crippen molar-refractivity contribution < 1.29 is 18.8 Å². The van der Waals surface area contributed by atoms with Gasteiger partial charge in [-0.15, -0.1) is 0 Å². The Labute approximate surface area is 121 Å². The Morgan fingerprint density at radius 1 is 1.29 bits per heavy atom. The first kappa shape index (κ1) is 13.4. The van der Waals surface area contributed by atoms with Crippen molar-refractivity contribution in [3.63, 3.8) is 0 Å². The number of hydrogen-bond donors (Lipinski definition) is 1. The molecule has 1 saturated carbocycles. The normalized spacial score (nSPS) is 13.8. The maximum absolute atomic E-state index is 11.8. The lowest BCUT2D eigenvalue weighted by molar-refractivity contribution is -0.117.